The van der Waals surface area contributed by atoms with Gasteiger partial charge in [0.2, 0.25) is 26.0 Å². The number of amides is 1. The van der Waals surface area contributed by atoms with Gasteiger partial charge in [0.25, 0.3) is 0 Å². The van der Waals surface area contributed by atoms with Gasteiger partial charge in [-0.15, -0.1) is 0 Å². The minimum Gasteiger partial charge on any atom is -0.495 e. The van der Waals surface area contributed by atoms with Gasteiger partial charge in [-0.05, 0) is 30.5 Å². The molecular formula is C20H24N2O6S2. The lowest BCUT2D eigenvalue weighted by Crippen LogP contribution is -2.53. The van der Waals surface area contributed by atoms with E-state index in [0.717, 1.165) is 6.26 Å². The summed E-state index contributed by atoms with van der Waals surface area (Å²) in [6, 6.07) is 15.2. The van der Waals surface area contributed by atoms with Crippen molar-refractivity contribution in [2.24, 2.45) is 0 Å². The second-order valence-corrected chi connectivity index (χ2v) is 10.9. The van der Waals surface area contributed by atoms with Crippen molar-refractivity contribution in [3.8, 4) is 5.75 Å². The number of carbonyl (C=O) groups excluding carboxylic acids is 1. The van der Waals surface area contributed by atoms with Crippen molar-refractivity contribution in [2.45, 2.75) is 23.2 Å². The van der Waals surface area contributed by atoms with Crippen LogP contribution in [0.25, 0.3) is 0 Å². The number of nitrogens with one attached hydrogen (secondary N) is 1. The summed E-state index contributed by atoms with van der Waals surface area (Å²) in [5.74, 6) is -0.405. The molecule has 1 fully saturated rings. The Labute approximate surface area is 177 Å². The summed E-state index contributed by atoms with van der Waals surface area (Å²) in [5, 5.41) is 0. The van der Waals surface area contributed by atoms with Crippen molar-refractivity contribution >= 4 is 26.0 Å². The highest BCUT2D eigenvalue weighted by atomic mass is 32.2. The molecule has 0 aromatic heterocycles. The predicted octanol–water partition coefficient (Wildman–Crippen LogP) is 1.49. The maximum atomic E-state index is 13.2. The van der Waals surface area contributed by atoms with Crippen LogP contribution >= 0.6 is 0 Å². The Morgan fingerprint density at radius 2 is 1.53 bits per heavy atom. The van der Waals surface area contributed by atoms with Gasteiger partial charge in [0, 0.05) is 13.1 Å². The van der Waals surface area contributed by atoms with Gasteiger partial charge in [-0.1, -0.05) is 42.5 Å². The summed E-state index contributed by atoms with van der Waals surface area (Å²) in [5.41, 5.74) is -0.489. The normalized spacial score (nSPS) is 17.3. The molecule has 8 nitrogen and oxygen atoms in total. The van der Waals surface area contributed by atoms with E-state index in [1.165, 1.54) is 17.5 Å². The van der Waals surface area contributed by atoms with Gasteiger partial charge in [-0.3, -0.25) is 9.52 Å². The number of rotatable bonds is 6. The molecule has 0 spiro atoms. The molecule has 10 heteroatoms. The van der Waals surface area contributed by atoms with E-state index < -0.39 is 31.4 Å². The number of para-hydroxylation sites is 1. The average Bonchev–Trinajstić information content (AvgIpc) is 2.73. The number of carbonyl (C=O) groups is 1. The molecule has 0 radical (unpaired) electrons. The van der Waals surface area contributed by atoms with Gasteiger partial charge in [-0.2, -0.15) is 4.31 Å². The highest BCUT2D eigenvalue weighted by Crippen LogP contribution is 2.38. The highest BCUT2D eigenvalue weighted by Gasteiger charge is 2.46. The maximum absolute atomic E-state index is 13.2. The van der Waals surface area contributed by atoms with E-state index in [0.29, 0.717) is 5.56 Å². The average molecular weight is 453 g/mol. The Hall–Kier alpha value is -2.43. The van der Waals surface area contributed by atoms with Crippen molar-refractivity contribution in [2.75, 3.05) is 26.5 Å². The number of hydrogen-bond donors (Lipinski definition) is 1. The predicted molar refractivity (Wildman–Crippen MR) is 112 cm³/mol. The molecule has 1 aliphatic rings. The number of hydrogen-bond acceptors (Lipinski definition) is 6. The van der Waals surface area contributed by atoms with Crippen LogP contribution in [-0.2, 0) is 30.3 Å². The highest BCUT2D eigenvalue weighted by molar-refractivity contribution is 7.89. The molecule has 2 aromatic rings. The van der Waals surface area contributed by atoms with Crippen LogP contribution in [0, 0.1) is 0 Å². The van der Waals surface area contributed by atoms with Gasteiger partial charge in [-0.25, -0.2) is 16.8 Å². The first-order valence-corrected chi connectivity index (χ1v) is 12.6. The first kappa shape index (κ1) is 22.3. The van der Waals surface area contributed by atoms with Crippen molar-refractivity contribution in [3.63, 3.8) is 0 Å². The quantitative estimate of drug-likeness (QED) is 0.711. The maximum Gasteiger partial charge on any atom is 0.246 e. The summed E-state index contributed by atoms with van der Waals surface area (Å²) < 4.78 is 58.3. The van der Waals surface area contributed by atoms with E-state index in [2.05, 4.69) is 4.72 Å². The molecule has 30 heavy (non-hydrogen) atoms. The molecule has 0 aliphatic carbocycles. The van der Waals surface area contributed by atoms with Gasteiger partial charge < -0.3 is 4.74 Å². The zero-order valence-electron chi connectivity index (χ0n) is 16.7. The molecule has 162 valence electrons. The molecule has 1 N–H and O–H groups in total. The third kappa shape index (κ3) is 4.35. The number of ether oxygens (including phenoxy) is 1. The molecule has 0 saturated carbocycles. The molecular weight excluding hydrogens is 428 g/mol. The molecule has 1 heterocycles. The van der Waals surface area contributed by atoms with Crippen LogP contribution in [0.15, 0.2) is 59.5 Å². The lowest BCUT2D eigenvalue weighted by atomic mass is 9.72. The molecule has 1 aliphatic heterocycles. The van der Waals surface area contributed by atoms with Crippen LogP contribution in [0.5, 0.6) is 5.75 Å². The molecule has 1 saturated heterocycles. The van der Waals surface area contributed by atoms with Crippen LogP contribution in [0.2, 0.25) is 0 Å². The van der Waals surface area contributed by atoms with E-state index in [1.807, 2.05) is 0 Å². The molecule has 0 atom stereocenters. The second-order valence-electron chi connectivity index (χ2n) is 7.21. The Morgan fingerprint density at radius 1 is 0.967 bits per heavy atom. The van der Waals surface area contributed by atoms with E-state index in [4.69, 9.17) is 4.74 Å². The molecule has 3 rings (SSSR count). The van der Waals surface area contributed by atoms with Crippen molar-refractivity contribution in [1.82, 2.24) is 9.03 Å². The minimum atomic E-state index is -3.84. The van der Waals surface area contributed by atoms with Crippen LogP contribution in [0.4, 0.5) is 0 Å². The zero-order valence-corrected chi connectivity index (χ0v) is 18.4. The van der Waals surface area contributed by atoms with Crippen molar-refractivity contribution < 1.29 is 26.4 Å². The Balaban J connectivity index is 1.93. The lowest BCUT2D eigenvalue weighted by Gasteiger charge is -2.40. The van der Waals surface area contributed by atoms with E-state index in [9.17, 15) is 21.6 Å². The first-order valence-electron chi connectivity index (χ1n) is 9.31. The molecule has 1 amide bonds. The summed E-state index contributed by atoms with van der Waals surface area (Å²) in [6.45, 7) is 0.124. The number of nitrogens with zero attached hydrogens (tertiary/aromatic N) is 1. The van der Waals surface area contributed by atoms with Gasteiger partial charge in [0.05, 0.1) is 18.8 Å². The van der Waals surface area contributed by atoms with E-state index in [1.54, 1.807) is 48.5 Å². The van der Waals surface area contributed by atoms with Gasteiger partial charge >= 0.3 is 0 Å². The largest absolute Gasteiger partial charge is 0.495 e. The third-order valence-electron chi connectivity index (χ3n) is 5.30. The van der Waals surface area contributed by atoms with Gasteiger partial charge in [0.1, 0.15) is 10.6 Å². The fourth-order valence-electron chi connectivity index (χ4n) is 3.75. The Bertz CT molecular complexity index is 1120. The first-order chi connectivity index (χ1) is 14.1. The van der Waals surface area contributed by atoms with Crippen molar-refractivity contribution in [1.29, 1.82) is 0 Å². The van der Waals surface area contributed by atoms with E-state index >= 15 is 0 Å². The molecule has 0 bridgehead atoms. The number of piperidine rings is 1. The topological polar surface area (TPSA) is 110 Å². The standard InChI is InChI=1S/C20H24N2O6S2/c1-28-17-10-6-7-11-18(17)30(26,27)22-14-12-20(13-15-22,16-8-4-3-5-9-16)19(23)21-29(2,24)25/h3-11H,12-15H2,1-2H3,(H,21,23). The monoisotopic (exact) mass is 452 g/mol. The summed E-state index contributed by atoms with van der Waals surface area (Å²) in [6.07, 6.45) is 1.21. The van der Waals surface area contributed by atoms with Crippen LogP contribution in [-0.4, -0.2) is 53.5 Å². The smallest absolute Gasteiger partial charge is 0.246 e. The molecule has 0 unspecified atom stereocenters. The fourth-order valence-corrected chi connectivity index (χ4v) is 5.88. The van der Waals surface area contributed by atoms with Crippen LogP contribution < -0.4 is 9.46 Å². The fraction of sp³-hybridized carbons (Fsp3) is 0.350. The summed E-state index contributed by atoms with van der Waals surface area (Å²) >= 11 is 0. The summed E-state index contributed by atoms with van der Waals surface area (Å²) in [4.78, 5) is 13.0. The lowest BCUT2D eigenvalue weighted by molar-refractivity contribution is -0.126. The SMILES string of the molecule is COc1ccccc1S(=O)(=O)N1CCC(C(=O)NS(C)(=O)=O)(c2ccccc2)CC1. The number of methoxy groups -OCH3 is 1. The summed E-state index contributed by atoms with van der Waals surface area (Å²) in [7, 11) is -6.20. The van der Waals surface area contributed by atoms with Crippen molar-refractivity contribution in [3.05, 3.63) is 60.2 Å². The zero-order chi connectivity index (χ0) is 22.0. The third-order valence-corrected chi connectivity index (χ3v) is 7.80. The molecule has 2 aromatic carbocycles. The van der Waals surface area contributed by atoms with E-state index in [-0.39, 0.29) is 36.6 Å². The van der Waals surface area contributed by atoms with Crippen LogP contribution in [0.1, 0.15) is 18.4 Å². The Kier molecular flexibility index (Phi) is 6.21. The van der Waals surface area contributed by atoms with Gasteiger partial charge in [0.15, 0.2) is 0 Å². The minimum absolute atomic E-state index is 0.0558. The number of sulfonamides is 2. The number of benzene rings is 2. The second kappa shape index (κ2) is 8.37. The van der Waals surface area contributed by atoms with Crippen LogP contribution in [0.3, 0.4) is 0 Å². The Morgan fingerprint density at radius 3 is 2.10 bits per heavy atom.